The lowest BCUT2D eigenvalue weighted by molar-refractivity contribution is 0.186. The zero-order chi connectivity index (χ0) is 15.5. The highest BCUT2D eigenvalue weighted by Crippen LogP contribution is 2.26. The van der Waals surface area contributed by atoms with Crippen molar-refractivity contribution < 1.29 is 9.21 Å². The van der Waals surface area contributed by atoms with E-state index in [-0.39, 0.29) is 11.9 Å². The van der Waals surface area contributed by atoms with Crippen LogP contribution in [-0.2, 0) is 0 Å². The SMILES string of the molecule is Cc1nnc(C2CCCN(C(=O)Nc3cncc(Cl)c3)C2)o1. The molecule has 1 fully saturated rings. The van der Waals surface area contributed by atoms with E-state index < -0.39 is 0 Å². The summed E-state index contributed by atoms with van der Waals surface area (Å²) in [5.74, 6) is 1.22. The smallest absolute Gasteiger partial charge is 0.321 e. The molecule has 1 aliphatic heterocycles. The lowest BCUT2D eigenvalue weighted by Crippen LogP contribution is -2.41. The standard InChI is InChI=1S/C14H16ClN5O2/c1-9-18-19-13(22-9)10-3-2-4-20(8-10)14(21)17-12-5-11(15)6-16-7-12/h5-7,10H,2-4,8H2,1H3,(H,17,21). The molecule has 1 unspecified atom stereocenters. The summed E-state index contributed by atoms with van der Waals surface area (Å²) in [5.41, 5.74) is 0.577. The number of likely N-dealkylation sites (tertiary alicyclic amines) is 1. The van der Waals surface area contributed by atoms with Crippen LogP contribution >= 0.6 is 11.6 Å². The van der Waals surface area contributed by atoms with E-state index in [1.807, 2.05) is 0 Å². The minimum atomic E-state index is -0.176. The van der Waals surface area contributed by atoms with E-state index >= 15 is 0 Å². The fourth-order valence-corrected chi connectivity index (χ4v) is 2.70. The van der Waals surface area contributed by atoms with E-state index in [4.69, 9.17) is 16.0 Å². The number of nitrogens with zero attached hydrogens (tertiary/aromatic N) is 4. The number of aryl methyl sites for hydroxylation is 1. The van der Waals surface area contributed by atoms with Crippen molar-refractivity contribution in [2.45, 2.75) is 25.7 Å². The molecule has 2 amide bonds. The van der Waals surface area contributed by atoms with Gasteiger partial charge in [0.1, 0.15) is 0 Å². The van der Waals surface area contributed by atoms with Crippen LogP contribution in [0.4, 0.5) is 10.5 Å². The van der Waals surface area contributed by atoms with Gasteiger partial charge in [0.05, 0.1) is 22.8 Å². The van der Waals surface area contributed by atoms with Crippen molar-refractivity contribution in [1.82, 2.24) is 20.1 Å². The molecule has 2 aromatic heterocycles. The normalized spacial score (nSPS) is 18.3. The number of carbonyl (C=O) groups excluding carboxylic acids is 1. The Morgan fingerprint density at radius 1 is 1.45 bits per heavy atom. The quantitative estimate of drug-likeness (QED) is 0.919. The summed E-state index contributed by atoms with van der Waals surface area (Å²) in [4.78, 5) is 18.0. The van der Waals surface area contributed by atoms with Gasteiger partial charge < -0.3 is 14.6 Å². The van der Waals surface area contributed by atoms with E-state index in [0.29, 0.717) is 35.6 Å². The second kappa shape index (κ2) is 6.31. The number of aromatic nitrogens is 3. The van der Waals surface area contributed by atoms with Crippen molar-refractivity contribution >= 4 is 23.3 Å². The van der Waals surface area contributed by atoms with E-state index in [1.54, 1.807) is 24.1 Å². The van der Waals surface area contributed by atoms with E-state index in [0.717, 1.165) is 12.8 Å². The first kappa shape index (κ1) is 14.8. The lowest BCUT2D eigenvalue weighted by Gasteiger charge is -2.31. The summed E-state index contributed by atoms with van der Waals surface area (Å²) in [5, 5.41) is 11.2. The van der Waals surface area contributed by atoms with Crippen LogP contribution in [0.25, 0.3) is 0 Å². The highest BCUT2D eigenvalue weighted by Gasteiger charge is 2.28. The molecule has 0 bridgehead atoms. The maximum atomic E-state index is 12.3. The molecule has 7 nitrogen and oxygen atoms in total. The number of carbonyl (C=O) groups is 1. The molecule has 0 spiro atoms. The van der Waals surface area contributed by atoms with Crippen LogP contribution in [-0.4, -0.2) is 39.2 Å². The van der Waals surface area contributed by atoms with Crippen LogP contribution in [0.1, 0.15) is 30.5 Å². The van der Waals surface area contributed by atoms with Gasteiger partial charge >= 0.3 is 6.03 Å². The summed E-state index contributed by atoms with van der Waals surface area (Å²) >= 11 is 5.86. The second-order valence-electron chi connectivity index (χ2n) is 5.27. The van der Waals surface area contributed by atoms with E-state index in [2.05, 4.69) is 20.5 Å². The Hall–Kier alpha value is -2.15. The number of pyridine rings is 1. The minimum Gasteiger partial charge on any atom is -0.425 e. The van der Waals surface area contributed by atoms with Gasteiger partial charge in [0.2, 0.25) is 11.8 Å². The van der Waals surface area contributed by atoms with Crippen molar-refractivity contribution in [2.24, 2.45) is 0 Å². The van der Waals surface area contributed by atoms with Crippen LogP contribution in [0.2, 0.25) is 5.02 Å². The molecule has 1 N–H and O–H groups in total. The maximum Gasteiger partial charge on any atom is 0.321 e. The molecule has 1 saturated heterocycles. The summed E-state index contributed by atoms with van der Waals surface area (Å²) in [7, 11) is 0. The van der Waals surface area contributed by atoms with Crippen molar-refractivity contribution in [2.75, 3.05) is 18.4 Å². The molecule has 0 aliphatic carbocycles. The zero-order valence-electron chi connectivity index (χ0n) is 12.1. The first-order valence-corrected chi connectivity index (χ1v) is 7.46. The Kier molecular flexibility index (Phi) is 4.24. The van der Waals surface area contributed by atoms with Gasteiger partial charge in [-0.2, -0.15) is 0 Å². The van der Waals surface area contributed by atoms with Gasteiger partial charge in [0.25, 0.3) is 0 Å². The zero-order valence-corrected chi connectivity index (χ0v) is 12.9. The van der Waals surface area contributed by atoms with Crippen LogP contribution in [0.15, 0.2) is 22.9 Å². The topological polar surface area (TPSA) is 84.2 Å². The number of hydrogen-bond donors (Lipinski definition) is 1. The summed E-state index contributed by atoms with van der Waals surface area (Å²) in [6, 6.07) is 1.49. The van der Waals surface area contributed by atoms with Crippen molar-refractivity contribution in [3.05, 3.63) is 35.3 Å². The average Bonchev–Trinajstić information content (AvgIpc) is 2.94. The van der Waals surface area contributed by atoms with Gasteiger partial charge in [-0.3, -0.25) is 4.98 Å². The minimum absolute atomic E-state index is 0.0817. The summed E-state index contributed by atoms with van der Waals surface area (Å²) in [6.07, 6.45) is 4.91. The number of halogens is 1. The number of amides is 2. The summed E-state index contributed by atoms with van der Waals surface area (Å²) in [6.45, 7) is 3.01. The molecule has 2 aromatic rings. The fraction of sp³-hybridized carbons (Fsp3) is 0.429. The third-order valence-electron chi connectivity index (χ3n) is 3.56. The van der Waals surface area contributed by atoms with E-state index in [9.17, 15) is 4.79 Å². The molecule has 0 saturated carbocycles. The highest BCUT2D eigenvalue weighted by atomic mass is 35.5. The van der Waals surface area contributed by atoms with Crippen molar-refractivity contribution in [3.63, 3.8) is 0 Å². The molecule has 116 valence electrons. The molecule has 3 rings (SSSR count). The highest BCUT2D eigenvalue weighted by molar-refractivity contribution is 6.30. The lowest BCUT2D eigenvalue weighted by atomic mass is 9.98. The predicted molar refractivity (Wildman–Crippen MR) is 80.8 cm³/mol. The number of hydrogen-bond acceptors (Lipinski definition) is 5. The number of anilines is 1. The van der Waals surface area contributed by atoms with Gasteiger partial charge in [-0.1, -0.05) is 11.6 Å². The first-order chi connectivity index (χ1) is 10.6. The van der Waals surface area contributed by atoms with Crippen LogP contribution in [0, 0.1) is 6.92 Å². The maximum absolute atomic E-state index is 12.3. The van der Waals surface area contributed by atoms with Crippen molar-refractivity contribution in [3.8, 4) is 0 Å². The Bertz CT molecular complexity index is 675. The van der Waals surface area contributed by atoms with Gasteiger partial charge in [0.15, 0.2) is 0 Å². The number of piperidine rings is 1. The Balaban J connectivity index is 1.65. The molecular weight excluding hydrogens is 306 g/mol. The molecule has 0 radical (unpaired) electrons. The Morgan fingerprint density at radius 2 is 2.32 bits per heavy atom. The predicted octanol–water partition coefficient (Wildman–Crippen LogP) is 2.84. The molecule has 8 heteroatoms. The van der Waals surface area contributed by atoms with Crippen LogP contribution < -0.4 is 5.32 Å². The van der Waals surface area contributed by atoms with Gasteiger partial charge in [0, 0.05) is 26.2 Å². The molecule has 22 heavy (non-hydrogen) atoms. The molecule has 0 aromatic carbocycles. The third kappa shape index (κ3) is 3.36. The van der Waals surface area contributed by atoms with Gasteiger partial charge in [-0.05, 0) is 18.9 Å². The van der Waals surface area contributed by atoms with Crippen molar-refractivity contribution in [1.29, 1.82) is 0 Å². The number of nitrogens with one attached hydrogen (secondary N) is 1. The fourth-order valence-electron chi connectivity index (χ4n) is 2.52. The monoisotopic (exact) mass is 321 g/mol. The largest absolute Gasteiger partial charge is 0.425 e. The summed E-state index contributed by atoms with van der Waals surface area (Å²) < 4.78 is 5.48. The van der Waals surface area contributed by atoms with Gasteiger partial charge in [-0.15, -0.1) is 10.2 Å². The van der Waals surface area contributed by atoms with Crippen LogP contribution in [0.3, 0.4) is 0 Å². The number of rotatable bonds is 2. The number of urea groups is 1. The van der Waals surface area contributed by atoms with Gasteiger partial charge in [-0.25, -0.2) is 4.79 Å². The molecular formula is C14H16ClN5O2. The first-order valence-electron chi connectivity index (χ1n) is 7.08. The Labute approximate surface area is 132 Å². The molecule has 3 heterocycles. The Morgan fingerprint density at radius 3 is 3.05 bits per heavy atom. The van der Waals surface area contributed by atoms with E-state index in [1.165, 1.54) is 6.20 Å². The molecule has 1 atom stereocenters. The molecule has 1 aliphatic rings. The van der Waals surface area contributed by atoms with Crippen LogP contribution in [0.5, 0.6) is 0 Å². The third-order valence-corrected chi connectivity index (χ3v) is 3.76. The second-order valence-corrected chi connectivity index (χ2v) is 5.70. The average molecular weight is 322 g/mol.